The van der Waals surface area contributed by atoms with Crippen LogP contribution in [0.1, 0.15) is 32.1 Å². The lowest BCUT2D eigenvalue weighted by atomic mass is 9.86. The number of non-ortho nitro benzene ring substituents is 1. The van der Waals surface area contributed by atoms with Crippen LogP contribution in [-0.4, -0.2) is 30.5 Å². The molecule has 0 spiro atoms. The molecule has 2 aliphatic rings. The van der Waals surface area contributed by atoms with E-state index in [4.69, 9.17) is 9.47 Å². The number of ether oxygens (including phenoxy) is 2. The second-order valence-electron chi connectivity index (χ2n) is 6.99. The summed E-state index contributed by atoms with van der Waals surface area (Å²) in [5.74, 6) is 1.10. The molecule has 140 valence electrons. The van der Waals surface area contributed by atoms with Gasteiger partial charge in [-0.1, -0.05) is 6.42 Å². The van der Waals surface area contributed by atoms with E-state index < -0.39 is 17.4 Å². The van der Waals surface area contributed by atoms with Crippen LogP contribution in [-0.2, 0) is 14.3 Å². The van der Waals surface area contributed by atoms with Crippen LogP contribution in [0.2, 0.25) is 0 Å². The number of esters is 1. The summed E-state index contributed by atoms with van der Waals surface area (Å²) in [7, 11) is 1.40. The zero-order valence-corrected chi connectivity index (χ0v) is 14.6. The fraction of sp³-hybridized carbons (Fsp3) is 0.556. The van der Waals surface area contributed by atoms with Gasteiger partial charge in [0.15, 0.2) is 6.61 Å². The van der Waals surface area contributed by atoms with Crippen LogP contribution in [0.15, 0.2) is 18.2 Å². The summed E-state index contributed by atoms with van der Waals surface area (Å²) in [6.45, 7) is -0.425. The number of nitrogens with zero attached hydrogens (tertiary/aromatic N) is 1. The SMILES string of the molecule is COc1ccc([N+](=O)[O-])cc1NC(=O)COC(=O)C[C@H]1C[C@@H]2CC[C@@H]1C2. The third-order valence-electron chi connectivity index (χ3n) is 5.35. The van der Waals surface area contributed by atoms with Crippen molar-refractivity contribution in [3.05, 3.63) is 28.3 Å². The number of nitrogens with one attached hydrogen (secondary N) is 1. The molecule has 0 aliphatic heterocycles. The molecule has 8 heteroatoms. The number of amides is 1. The Balaban J connectivity index is 1.50. The number of benzene rings is 1. The molecule has 2 aliphatic carbocycles. The van der Waals surface area contributed by atoms with Gasteiger partial charge in [0.1, 0.15) is 5.75 Å². The summed E-state index contributed by atoms with van der Waals surface area (Å²) < 4.78 is 10.1. The molecular weight excluding hydrogens is 340 g/mol. The second kappa shape index (κ2) is 7.72. The lowest BCUT2D eigenvalue weighted by molar-refractivity contribution is -0.384. The van der Waals surface area contributed by atoms with Crippen LogP contribution in [0.3, 0.4) is 0 Å². The first kappa shape index (κ1) is 18.2. The summed E-state index contributed by atoms with van der Waals surface area (Å²) >= 11 is 0. The first-order valence-electron chi connectivity index (χ1n) is 8.74. The largest absolute Gasteiger partial charge is 0.495 e. The van der Waals surface area contributed by atoms with Crippen LogP contribution >= 0.6 is 0 Å². The molecule has 2 bridgehead atoms. The quantitative estimate of drug-likeness (QED) is 0.454. The first-order valence-corrected chi connectivity index (χ1v) is 8.74. The molecule has 2 fully saturated rings. The number of carbonyl (C=O) groups is 2. The molecule has 1 aromatic carbocycles. The third kappa shape index (κ3) is 4.12. The maximum Gasteiger partial charge on any atom is 0.306 e. The van der Waals surface area contributed by atoms with Crippen LogP contribution < -0.4 is 10.1 Å². The van der Waals surface area contributed by atoms with E-state index in [0.29, 0.717) is 18.3 Å². The van der Waals surface area contributed by atoms with Gasteiger partial charge in [0.2, 0.25) is 0 Å². The Hall–Kier alpha value is -2.64. The Morgan fingerprint density at radius 3 is 2.73 bits per heavy atom. The molecule has 8 nitrogen and oxygen atoms in total. The number of hydrogen-bond acceptors (Lipinski definition) is 6. The van der Waals surface area contributed by atoms with Crippen LogP contribution in [0, 0.1) is 27.9 Å². The van der Waals surface area contributed by atoms with Gasteiger partial charge in [0.25, 0.3) is 11.6 Å². The zero-order chi connectivity index (χ0) is 18.7. The Morgan fingerprint density at radius 1 is 1.31 bits per heavy atom. The monoisotopic (exact) mass is 362 g/mol. The van der Waals surface area contributed by atoms with E-state index in [0.717, 1.165) is 12.3 Å². The van der Waals surface area contributed by atoms with Crippen LogP contribution in [0.25, 0.3) is 0 Å². The van der Waals surface area contributed by atoms with Gasteiger partial charge >= 0.3 is 5.97 Å². The van der Waals surface area contributed by atoms with Gasteiger partial charge in [-0.2, -0.15) is 0 Å². The van der Waals surface area contributed by atoms with Crippen molar-refractivity contribution in [2.24, 2.45) is 17.8 Å². The smallest absolute Gasteiger partial charge is 0.306 e. The Kier molecular flexibility index (Phi) is 5.39. The van der Waals surface area contributed by atoms with Gasteiger partial charge in [-0.05, 0) is 43.1 Å². The molecule has 0 saturated heterocycles. The molecule has 26 heavy (non-hydrogen) atoms. The molecule has 0 heterocycles. The van der Waals surface area contributed by atoms with Gasteiger partial charge < -0.3 is 14.8 Å². The maximum atomic E-state index is 12.0. The Labute approximate surface area is 151 Å². The fourth-order valence-electron chi connectivity index (χ4n) is 4.14. The average molecular weight is 362 g/mol. The number of nitro benzene ring substituents is 1. The third-order valence-corrected chi connectivity index (χ3v) is 5.35. The maximum absolute atomic E-state index is 12.0. The molecule has 1 aromatic rings. The summed E-state index contributed by atoms with van der Waals surface area (Å²) in [6, 6.07) is 3.88. The van der Waals surface area contributed by atoms with E-state index >= 15 is 0 Å². The van der Waals surface area contributed by atoms with Crippen LogP contribution in [0.5, 0.6) is 5.75 Å². The van der Waals surface area contributed by atoms with Gasteiger partial charge in [-0.15, -0.1) is 0 Å². The lowest BCUT2D eigenvalue weighted by Gasteiger charge is -2.20. The van der Waals surface area contributed by atoms with E-state index in [1.165, 1.54) is 44.6 Å². The van der Waals surface area contributed by atoms with Crippen molar-refractivity contribution in [2.75, 3.05) is 19.0 Å². The highest BCUT2D eigenvalue weighted by atomic mass is 16.6. The number of methoxy groups -OCH3 is 1. The van der Waals surface area contributed by atoms with Crippen molar-refractivity contribution in [1.82, 2.24) is 0 Å². The fourth-order valence-corrected chi connectivity index (χ4v) is 4.14. The number of hydrogen-bond donors (Lipinski definition) is 1. The normalized spacial score (nSPS) is 23.5. The van der Waals surface area contributed by atoms with E-state index in [1.807, 2.05) is 0 Å². The van der Waals surface area contributed by atoms with Gasteiger partial charge in [-0.3, -0.25) is 19.7 Å². The molecule has 1 N–H and O–H groups in total. The summed E-state index contributed by atoms with van der Waals surface area (Å²) in [4.78, 5) is 34.3. The molecular formula is C18H22N2O6. The second-order valence-corrected chi connectivity index (χ2v) is 6.99. The topological polar surface area (TPSA) is 108 Å². The number of fused-ring (bicyclic) bond motifs is 2. The lowest BCUT2D eigenvalue weighted by Crippen LogP contribution is -2.23. The highest BCUT2D eigenvalue weighted by Crippen LogP contribution is 2.49. The van der Waals surface area contributed by atoms with E-state index in [9.17, 15) is 19.7 Å². The first-order chi connectivity index (χ1) is 12.5. The standard InChI is InChI=1S/C18H22N2O6/c1-25-16-5-4-14(20(23)24)9-15(16)19-17(21)10-26-18(22)8-13-7-11-2-3-12(13)6-11/h4-5,9,11-13H,2-3,6-8,10H2,1H3,(H,19,21)/t11-,12-,13-/m1/s1. The average Bonchev–Trinajstić information content (AvgIpc) is 3.22. The van der Waals surface area contributed by atoms with Crippen molar-refractivity contribution in [3.63, 3.8) is 0 Å². The van der Waals surface area contributed by atoms with E-state index in [2.05, 4.69) is 5.32 Å². The minimum absolute atomic E-state index is 0.163. The van der Waals surface area contributed by atoms with E-state index in [1.54, 1.807) is 0 Å². The van der Waals surface area contributed by atoms with Gasteiger partial charge in [0.05, 0.1) is 17.7 Å². The molecule has 0 aromatic heterocycles. The van der Waals surface area contributed by atoms with Crippen molar-refractivity contribution in [1.29, 1.82) is 0 Å². The molecule has 3 rings (SSSR count). The van der Waals surface area contributed by atoms with E-state index in [-0.39, 0.29) is 23.1 Å². The molecule has 2 saturated carbocycles. The molecule has 3 atom stereocenters. The van der Waals surface area contributed by atoms with Gasteiger partial charge in [0, 0.05) is 18.6 Å². The predicted octanol–water partition coefficient (Wildman–Crippen LogP) is 2.91. The number of anilines is 1. The Bertz CT molecular complexity index is 720. The molecule has 0 radical (unpaired) electrons. The van der Waals surface area contributed by atoms with Crippen molar-refractivity contribution < 1.29 is 24.0 Å². The predicted molar refractivity (Wildman–Crippen MR) is 92.8 cm³/mol. The zero-order valence-electron chi connectivity index (χ0n) is 14.6. The highest BCUT2D eigenvalue weighted by molar-refractivity contribution is 5.94. The highest BCUT2D eigenvalue weighted by Gasteiger charge is 2.40. The minimum Gasteiger partial charge on any atom is -0.495 e. The molecule has 0 unspecified atom stereocenters. The summed E-state index contributed by atoms with van der Waals surface area (Å²) in [5.41, 5.74) is -0.00904. The summed E-state index contributed by atoms with van der Waals surface area (Å²) in [6.07, 6.45) is 5.11. The summed E-state index contributed by atoms with van der Waals surface area (Å²) in [5, 5.41) is 13.3. The van der Waals surface area contributed by atoms with Gasteiger partial charge in [-0.25, -0.2) is 0 Å². The molecule has 1 amide bonds. The van der Waals surface area contributed by atoms with Crippen molar-refractivity contribution in [3.8, 4) is 5.75 Å². The van der Waals surface area contributed by atoms with Crippen molar-refractivity contribution >= 4 is 23.3 Å². The number of rotatable bonds is 7. The van der Waals surface area contributed by atoms with Crippen LogP contribution in [0.4, 0.5) is 11.4 Å². The Morgan fingerprint density at radius 2 is 2.12 bits per heavy atom. The number of carbonyl (C=O) groups excluding carboxylic acids is 2. The minimum atomic E-state index is -0.565. The van der Waals surface area contributed by atoms with Crippen molar-refractivity contribution in [2.45, 2.75) is 32.1 Å². The number of nitro groups is 1.